The molecule has 0 spiro atoms. The predicted molar refractivity (Wildman–Crippen MR) is 95.6 cm³/mol. The number of carbonyl (C=O) groups excluding carboxylic acids is 1. The molecule has 0 heterocycles. The highest BCUT2D eigenvalue weighted by Crippen LogP contribution is 2.27. The van der Waals surface area contributed by atoms with Crippen molar-refractivity contribution < 1.29 is 19.8 Å². The lowest BCUT2D eigenvalue weighted by Crippen LogP contribution is -2.14. The van der Waals surface area contributed by atoms with Gasteiger partial charge >= 0.3 is 5.97 Å². The lowest BCUT2D eigenvalue weighted by atomic mass is 9.90. The lowest BCUT2D eigenvalue weighted by Gasteiger charge is -2.13. The molecular weight excluding hydrogens is 304 g/mol. The summed E-state index contributed by atoms with van der Waals surface area (Å²) in [6.07, 6.45) is 18.2. The molecule has 0 radical (unpaired) electrons. The Kier molecular flexibility index (Phi) is 9.70. The van der Waals surface area contributed by atoms with Crippen LogP contribution in [0, 0.1) is 11.8 Å². The molecule has 1 aliphatic carbocycles. The van der Waals surface area contributed by atoms with Crippen LogP contribution in [-0.4, -0.2) is 28.1 Å². The zero-order valence-corrected chi connectivity index (χ0v) is 14.3. The monoisotopic (exact) mass is 332 g/mol. The highest BCUT2D eigenvalue weighted by atomic mass is 16.4. The Labute approximate surface area is 144 Å². The number of hydrogen-bond donors (Lipinski definition) is 2. The van der Waals surface area contributed by atoms with Crippen LogP contribution >= 0.6 is 0 Å². The molecule has 24 heavy (non-hydrogen) atoms. The van der Waals surface area contributed by atoms with Crippen molar-refractivity contribution in [1.29, 1.82) is 0 Å². The molecule has 0 aromatic carbocycles. The first-order chi connectivity index (χ1) is 11.5. The molecule has 4 heteroatoms. The van der Waals surface area contributed by atoms with E-state index in [0.29, 0.717) is 25.7 Å². The minimum absolute atomic E-state index is 0.0194. The first-order valence-electron chi connectivity index (χ1n) is 8.64. The molecule has 0 amide bonds. The van der Waals surface area contributed by atoms with Crippen LogP contribution in [0.25, 0.3) is 0 Å². The third kappa shape index (κ3) is 8.06. The van der Waals surface area contributed by atoms with E-state index in [4.69, 9.17) is 5.11 Å². The van der Waals surface area contributed by atoms with Crippen LogP contribution in [0.15, 0.2) is 48.6 Å². The van der Waals surface area contributed by atoms with Gasteiger partial charge in [-0.25, -0.2) is 0 Å². The standard InChI is InChI=1S/C20H28O4/c1-2-3-6-9-17(21)14-12-16-13-15-19(22)18(16)10-7-4-5-8-11-20(23)24/h3-4,6-7,12-18,21H,2,5,8-11H2,1H3,(H,23,24)/b6-3-,7-4-,14-12+/t16-,17+,18+/m0/s1. The number of carboxylic acids is 1. The van der Waals surface area contributed by atoms with Gasteiger partial charge in [-0.05, 0) is 38.2 Å². The Morgan fingerprint density at radius 3 is 2.79 bits per heavy atom. The first-order valence-corrected chi connectivity index (χ1v) is 8.64. The van der Waals surface area contributed by atoms with Crippen molar-refractivity contribution in [2.45, 2.75) is 51.6 Å². The molecule has 0 saturated carbocycles. The topological polar surface area (TPSA) is 74.6 Å². The van der Waals surface area contributed by atoms with Gasteiger partial charge in [-0.2, -0.15) is 0 Å². The van der Waals surface area contributed by atoms with Crippen LogP contribution in [0.4, 0.5) is 0 Å². The zero-order valence-electron chi connectivity index (χ0n) is 14.3. The number of ketones is 1. The second-order valence-electron chi connectivity index (χ2n) is 6.01. The second kappa shape index (κ2) is 11.6. The average molecular weight is 332 g/mol. The number of rotatable bonds is 11. The highest BCUT2D eigenvalue weighted by Gasteiger charge is 2.27. The molecule has 0 fully saturated rings. The maximum atomic E-state index is 11.9. The van der Waals surface area contributed by atoms with Crippen molar-refractivity contribution in [2.75, 3.05) is 0 Å². The third-order valence-electron chi connectivity index (χ3n) is 3.97. The molecule has 1 rings (SSSR count). The molecule has 1 aliphatic rings. The average Bonchev–Trinajstić information content (AvgIpc) is 2.89. The smallest absolute Gasteiger partial charge is 0.303 e. The molecule has 2 N–H and O–H groups in total. The van der Waals surface area contributed by atoms with Crippen LogP contribution in [0.3, 0.4) is 0 Å². The summed E-state index contributed by atoms with van der Waals surface area (Å²) in [6, 6.07) is 0. The van der Waals surface area contributed by atoms with Gasteiger partial charge in [0.05, 0.1) is 6.10 Å². The van der Waals surface area contributed by atoms with E-state index in [-0.39, 0.29) is 24.0 Å². The number of aliphatic hydroxyl groups is 1. The number of carbonyl (C=O) groups is 2. The Bertz CT molecular complexity index is 514. The Hall–Kier alpha value is -1.94. The van der Waals surface area contributed by atoms with Gasteiger partial charge in [0, 0.05) is 18.3 Å². The van der Waals surface area contributed by atoms with E-state index >= 15 is 0 Å². The third-order valence-corrected chi connectivity index (χ3v) is 3.97. The zero-order chi connectivity index (χ0) is 17.8. The summed E-state index contributed by atoms with van der Waals surface area (Å²) >= 11 is 0. The number of unbranched alkanes of at least 4 members (excludes halogenated alkanes) is 1. The van der Waals surface area contributed by atoms with E-state index < -0.39 is 12.1 Å². The fourth-order valence-electron chi connectivity index (χ4n) is 2.59. The normalized spacial score (nSPS) is 22.3. The van der Waals surface area contributed by atoms with Crippen molar-refractivity contribution in [1.82, 2.24) is 0 Å². The van der Waals surface area contributed by atoms with E-state index in [1.54, 1.807) is 12.2 Å². The van der Waals surface area contributed by atoms with Crippen LogP contribution in [0.2, 0.25) is 0 Å². The van der Waals surface area contributed by atoms with Crippen LogP contribution in [0.5, 0.6) is 0 Å². The van der Waals surface area contributed by atoms with Gasteiger partial charge in [0.2, 0.25) is 0 Å². The van der Waals surface area contributed by atoms with Crippen molar-refractivity contribution >= 4 is 11.8 Å². The minimum Gasteiger partial charge on any atom is -0.481 e. The Balaban J connectivity index is 2.42. The molecule has 0 bridgehead atoms. The summed E-state index contributed by atoms with van der Waals surface area (Å²) < 4.78 is 0. The number of hydrogen-bond acceptors (Lipinski definition) is 3. The number of aliphatic hydroxyl groups excluding tert-OH is 1. The van der Waals surface area contributed by atoms with E-state index in [2.05, 4.69) is 0 Å². The summed E-state index contributed by atoms with van der Waals surface area (Å²) in [5.41, 5.74) is 0. The Morgan fingerprint density at radius 1 is 1.29 bits per heavy atom. The highest BCUT2D eigenvalue weighted by molar-refractivity contribution is 5.95. The molecule has 0 aromatic rings. The van der Waals surface area contributed by atoms with E-state index in [1.165, 1.54) is 0 Å². The quantitative estimate of drug-likeness (QED) is 0.445. The molecule has 0 aromatic heterocycles. The van der Waals surface area contributed by atoms with Crippen LogP contribution in [0.1, 0.15) is 45.4 Å². The van der Waals surface area contributed by atoms with Gasteiger partial charge in [0.25, 0.3) is 0 Å². The summed E-state index contributed by atoms with van der Waals surface area (Å²) in [4.78, 5) is 22.4. The van der Waals surface area contributed by atoms with Gasteiger partial charge in [0.15, 0.2) is 5.78 Å². The van der Waals surface area contributed by atoms with Gasteiger partial charge in [-0.15, -0.1) is 0 Å². The summed E-state index contributed by atoms with van der Waals surface area (Å²) in [5, 5.41) is 18.5. The van der Waals surface area contributed by atoms with Crippen LogP contribution < -0.4 is 0 Å². The molecular formula is C20H28O4. The molecule has 0 aliphatic heterocycles. The Morgan fingerprint density at radius 2 is 2.08 bits per heavy atom. The number of carboxylic acid groups (broad SMARTS) is 1. The van der Waals surface area contributed by atoms with E-state index in [0.717, 1.165) is 6.42 Å². The lowest BCUT2D eigenvalue weighted by molar-refractivity contribution is -0.137. The van der Waals surface area contributed by atoms with Gasteiger partial charge in [-0.1, -0.05) is 49.5 Å². The van der Waals surface area contributed by atoms with Crippen molar-refractivity contribution in [2.24, 2.45) is 11.8 Å². The minimum atomic E-state index is -0.781. The molecule has 132 valence electrons. The fourth-order valence-corrected chi connectivity index (χ4v) is 2.59. The summed E-state index contributed by atoms with van der Waals surface area (Å²) in [6.45, 7) is 2.05. The van der Waals surface area contributed by atoms with Gasteiger partial charge in [-0.3, -0.25) is 9.59 Å². The first kappa shape index (κ1) is 20.1. The molecule has 3 atom stereocenters. The van der Waals surface area contributed by atoms with Crippen molar-refractivity contribution in [3.63, 3.8) is 0 Å². The van der Waals surface area contributed by atoms with E-state index in [1.807, 2.05) is 43.4 Å². The fraction of sp³-hybridized carbons (Fsp3) is 0.500. The van der Waals surface area contributed by atoms with E-state index in [9.17, 15) is 14.7 Å². The van der Waals surface area contributed by atoms with Gasteiger partial charge < -0.3 is 10.2 Å². The maximum Gasteiger partial charge on any atom is 0.303 e. The maximum absolute atomic E-state index is 11.9. The number of aliphatic carboxylic acids is 1. The number of allylic oxidation sites excluding steroid dienone is 6. The predicted octanol–water partition coefficient (Wildman–Crippen LogP) is 3.83. The molecule has 4 nitrogen and oxygen atoms in total. The summed E-state index contributed by atoms with van der Waals surface area (Å²) in [5.74, 6) is -0.766. The SMILES string of the molecule is CC/C=C\C[C@@H](O)/C=C/[C@H]1C=CC(=O)[C@@H]1C/C=C\CCCC(=O)O. The largest absolute Gasteiger partial charge is 0.481 e. The summed E-state index contributed by atoms with van der Waals surface area (Å²) in [7, 11) is 0. The molecule has 0 saturated heterocycles. The second-order valence-corrected chi connectivity index (χ2v) is 6.01. The molecule has 0 unspecified atom stereocenters. The van der Waals surface area contributed by atoms with Crippen LogP contribution in [-0.2, 0) is 9.59 Å². The van der Waals surface area contributed by atoms with Gasteiger partial charge in [0.1, 0.15) is 0 Å². The van der Waals surface area contributed by atoms with Crippen molar-refractivity contribution in [3.8, 4) is 0 Å². The van der Waals surface area contributed by atoms with Crippen molar-refractivity contribution in [3.05, 3.63) is 48.6 Å².